The molecule has 1 unspecified atom stereocenters. The number of aliphatic hydroxyl groups is 1. The summed E-state index contributed by atoms with van der Waals surface area (Å²) in [7, 11) is 0. The molecule has 3 heterocycles. The van der Waals surface area contributed by atoms with E-state index in [-0.39, 0.29) is 24.1 Å². The number of carbonyl (C=O) groups is 3. The number of hydrogen-bond donors (Lipinski definition) is 2. The maximum atomic E-state index is 12.7. The fourth-order valence-electron chi connectivity index (χ4n) is 5.26. The molecule has 1 aromatic rings. The Hall–Kier alpha value is -2.41. The molecule has 1 saturated carbocycles. The first-order chi connectivity index (χ1) is 13.0. The summed E-state index contributed by atoms with van der Waals surface area (Å²) in [4.78, 5) is 40.1. The Bertz CT molecular complexity index is 838. The molecule has 0 aromatic heterocycles. The zero-order chi connectivity index (χ0) is 18.8. The summed E-state index contributed by atoms with van der Waals surface area (Å²) in [6.07, 6.45) is 2.86. The van der Waals surface area contributed by atoms with Gasteiger partial charge in [0.25, 0.3) is 5.91 Å². The minimum absolute atomic E-state index is 0.129. The van der Waals surface area contributed by atoms with Gasteiger partial charge >= 0.3 is 0 Å². The molecule has 3 aliphatic heterocycles. The summed E-state index contributed by atoms with van der Waals surface area (Å²) in [5, 5.41) is 11.6. The SMILES string of the molecule is O=C1CCC(N2Cc3cc(N4CC5(CC(CO)C5)C4)ccc3C2=O)C(=O)N1. The number of anilines is 1. The molecule has 2 saturated heterocycles. The number of aliphatic hydroxyl groups excluding tert-OH is 1. The van der Waals surface area contributed by atoms with Gasteiger partial charge in [0.05, 0.1) is 0 Å². The van der Waals surface area contributed by atoms with Crippen LogP contribution in [-0.2, 0) is 16.1 Å². The van der Waals surface area contributed by atoms with Crippen LogP contribution in [0.15, 0.2) is 18.2 Å². The Morgan fingerprint density at radius 1 is 1.19 bits per heavy atom. The van der Waals surface area contributed by atoms with E-state index in [0.717, 1.165) is 37.2 Å². The number of imide groups is 1. The number of rotatable bonds is 3. The van der Waals surface area contributed by atoms with Gasteiger partial charge in [-0.05, 0) is 48.9 Å². The smallest absolute Gasteiger partial charge is 0.255 e. The Morgan fingerprint density at radius 3 is 2.67 bits per heavy atom. The summed E-state index contributed by atoms with van der Waals surface area (Å²) < 4.78 is 0. The zero-order valence-corrected chi connectivity index (χ0v) is 15.1. The van der Waals surface area contributed by atoms with Crippen molar-refractivity contribution in [1.29, 1.82) is 0 Å². The van der Waals surface area contributed by atoms with Gasteiger partial charge < -0.3 is 14.9 Å². The van der Waals surface area contributed by atoms with Crippen LogP contribution in [0.2, 0.25) is 0 Å². The van der Waals surface area contributed by atoms with E-state index < -0.39 is 6.04 Å². The molecular formula is C20H23N3O4. The third-order valence-electron chi connectivity index (χ3n) is 6.63. The molecule has 1 aliphatic carbocycles. The van der Waals surface area contributed by atoms with Gasteiger partial charge in [-0.2, -0.15) is 0 Å². The predicted octanol–water partition coefficient (Wildman–Crippen LogP) is 0.656. The first-order valence-corrected chi connectivity index (χ1v) is 9.61. The molecule has 0 radical (unpaired) electrons. The van der Waals surface area contributed by atoms with Crippen molar-refractivity contribution < 1.29 is 19.5 Å². The summed E-state index contributed by atoms with van der Waals surface area (Å²) in [5.74, 6) is -0.308. The van der Waals surface area contributed by atoms with Gasteiger partial charge in [0.1, 0.15) is 6.04 Å². The van der Waals surface area contributed by atoms with E-state index >= 15 is 0 Å². The van der Waals surface area contributed by atoms with Gasteiger partial charge in [0.2, 0.25) is 11.8 Å². The lowest BCUT2D eigenvalue weighted by atomic mass is 9.58. The predicted molar refractivity (Wildman–Crippen MR) is 96.9 cm³/mol. The van der Waals surface area contributed by atoms with Crippen molar-refractivity contribution in [1.82, 2.24) is 10.2 Å². The molecule has 1 atom stereocenters. The number of fused-ring (bicyclic) bond motifs is 1. The Kier molecular flexibility index (Phi) is 3.59. The van der Waals surface area contributed by atoms with E-state index in [1.807, 2.05) is 12.1 Å². The van der Waals surface area contributed by atoms with Gasteiger partial charge in [-0.1, -0.05) is 0 Å². The molecule has 27 heavy (non-hydrogen) atoms. The summed E-state index contributed by atoms with van der Waals surface area (Å²) in [6, 6.07) is 5.35. The minimum atomic E-state index is -0.566. The minimum Gasteiger partial charge on any atom is -0.396 e. The lowest BCUT2D eigenvalue weighted by Crippen LogP contribution is -2.62. The number of piperidine rings is 1. The maximum absolute atomic E-state index is 12.7. The highest BCUT2D eigenvalue weighted by molar-refractivity contribution is 6.05. The molecule has 1 spiro atoms. The van der Waals surface area contributed by atoms with Gasteiger partial charge in [-0.3, -0.25) is 19.7 Å². The maximum Gasteiger partial charge on any atom is 0.255 e. The van der Waals surface area contributed by atoms with Crippen LogP contribution in [0, 0.1) is 11.3 Å². The molecule has 3 fully saturated rings. The van der Waals surface area contributed by atoms with Crippen LogP contribution < -0.4 is 10.2 Å². The lowest BCUT2D eigenvalue weighted by molar-refractivity contribution is -0.136. The molecule has 0 bridgehead atoms. The first kappa shape index (κ1) is 16.7. The Balaban J connectivity index is 1.29. The molecule has 3 amide bonds. The number of nitrogens with one attached hydrogen (secondary N) is 1. The van der Waals surface area contributed by atoms with E-state index in [1.54, 1.807) is 4.90 Å². The monoisotopic (exact) mass is 369 g/mol. The fourth-order valence-corrected chi connectivity index (χ4v) is 5.26. The molecule has 7 heteroatoms. The molecule has 1 aromatic carbocycles. The average molecular weight is 369 g/mol. The third-order valence-corrected chi connectivity index (χ3v) is 6.63. The highest BCUT2D eigenvalue weighted by atomic mass is 16.3. The van der Waals surface area contributed by atoms with Crippen LogP contribution >= 0.6 is 0 Å². The van der Waals surface area contributed by atoms with Crippen LogP contribution in [0.25, 0.3) is 0 Å². The Labute approximate surface area is 157 Å². The molecular weight excluding hydrogens is 346 g/mol. The second kappa shape index (κ2) is 5.79. The third kappa shape index (κ3) is 2.56. The summed E-state index contributed by atoms with van der Waals surface area (Å²) >= 11 is 0. The summed E-state index contributed by atoms with van der Waals surface area (Å²) in [6.45, 7) is 2.72. The standard InChI is InChI=1S/C20H23N3O4/c24-9-12-6-20(7-12)10-22(11-20)14-1-2-15-13(5-14)8-23(19(15)27)16-3-4-17(25)21-18(16)26/h1-2,5,12,16,24H,3-4,6-11H2,(H,21,25,26). The second-order valence-electron chi connectivity index (χ2n) is 8.55. The van der Waals surface area contributed by atoms with Gasteiger partial charge in [-0.25, -0.2) is 0 Å². The highest BCUT2D eigenvalue weighted by Gasteiger charge is 2.52. The van der Waals surface area contributed by atoms with Crippen molar-refractivity contribution in [3.05, 3.63) is 29.3 Å². The van der Waals surface area contributed by atoms with Gasteiger partial charge in [-0.15, -0.1) is 0 Å². The van der Waals surface area contributed by atoms with E-state index in [4.69, 9.17) is 0 Å². The molecule has 5 rings (SSSR count). The average Bonchev–Trinajstić information content (AvgIpc) is 2.89. The molecule has 4 aliphatic rings. The van der Waals surface area contributed by atoms with Crippen molar-refractivity contribution in [3.8, 4) is 0 Å². The molecule has 2 N–H and O–H groups in total. The van der Waals surface area contributed by atoms with E-state index in [0.29, 0.717) is 36.5 Å². The van der Waals surface area contributed by atoms with Crippen molar-refractivity contribution >= 4 is 23.4 Å². The summed E-state index contributed by atoms with van der Waals surface area (Å²) in [5.41, 5.74) is 3.10. The topological polar surface area (TPSA) is 90.0 Å². The van der Waals surface area contributed by atoms with Crippen molar-refractivity contribution in [2.45, 2.75) is 38.3 Å². The van der Waals surface area contributed by atoms with Crippen molar-refractivity contribution in [2.75, 3.05) is 24.6 Å². The lowest BCUT2D eigenvalue weighted by Gasteiger charge is -2.59. The quantitative estimate of drug-likeness (QED) is 0.764. The van der Waals surface area contributed by atoms with Crippen molar-refractivity contribution in [2.24, 2.45) is 11.3 Å². The number of benzene rings is 1. The highest BCUT2D eigenvalue weighted by Crippen LogP contribution is 2.52. The number of nitrogens with zero attached hydrogens (tertiary/aromatic N) is 2. The normalized spacial score (nSPS) is 26.7. The van der Waals surface area contributed by atoms with Crippen LogP contribution in [0.1, 0.15) is 41.6 Å². The van der Waals surface area contributed by atoms with Crippen LogP contribution in [-0.4, -0.2) is 53.5 Å². The van der Waals surface area contributed by atoms with E-state index in [2.05, 4.69) is 16.3 Å². The van der Waals surface area contributed by atoms with Gasteiger partial charge in [0.15, 0.2) is 0 Å². The number of hydrogen-bond acceptors (Lipinski definition) is 5. The van der Waals surface area contributed by atoms with E-state index in [9.17, 15) is 19.5 Å². The molecule has 142 valence electrons. The zero-order valence-electron chi connectivity index (χ0n) is 15.1. The van der Waals surface area contributed by atoms with Crippen LogP contribution in [0.5, 0.6) is 0 Å². The molecule has 7 nitrogen and oxygen atoms in total. The second-order valence-corrected chi connectivity index (χ2v) is 8.55. The van der Waals surface area contributed by atoms with Crippen LogP contribution in [0.3, 0.4) is 0 Å². The Morgan fingerprint density at radius 2 is 1.96 bits per heavy atom. The van der Waals surface area contributed by atoms with E-state index in [1.165, 1.54) is 0 Å². The largest absolute Gasteiger partial charge is 0.396 e. The van der Waals surface area contributed by atoms with Gasteiger partial charge in [0, 0.05) is 49.3 Å². The van der Waals surface area contributed by atoms with Crippen molar-refractivity contribution in [3.63, 3.8) is 0 Å². The fraction of sp³-hybridized carbons (Fsp3) is 0.550. The number of carbonyl (C=O) groups excluding carboxylic acids is 3. The first-order valence-electron chi connectivity index (χ1n) is 9.61. The number of amides is 3. The van der Waals surface area contributed by atoms with Crippen LogP contribution in [0.4, 0.5) is 5.69 Å².